The monoisotopic (exact) mass is 382 g/mol. The molecule has 4 aromatic rings. The van der Waals surface area contributed by atoms with Crippen molar-refractivity contribution in [2.24, 2.45) is 5.10 Å². The van der Waals surface area contributed by atoms with E-state index in [1.165, 1.54) is 16.6 Å². The Balaban J connectivity index is 1.52. The van der Waals surface area contributed by atoms with Crippen LogP contribution in [0.5, 0.6) is 0 Å². The molecule has 5 heteroatoms. The van der Waals surface area contributed by atoms with Crippen LogP contribution in [0, 0.1) is 0 Å². The van der Waals surface area contributed by atoms with E-state index in [2.05, 4.69) is 58.3 Å². The highest BCUT2D eigenvalue weighted by Gasteiger charge is 2.05. The van der Waals surface area contributed by atoms with Crippen LogP contribution < -0.4 is 10.5 Å². The predicted octanol–water partition coefficient (Wildman–Crippen LogP) is 4.31. The number of hydrogen-bond acceptors (Lipinski definition) is 4. The van der Waals surface area contributed by atoms with E-state index < -0.39 is 0 Å². The van der Waals surface area contributed by atoms with Crippen molar-refractivity contribution in [1.82, 2.24) is 9.66 Å². The fourth-order valence-electron chi connectivity index (χ4n) is 3.23. The molecule has 5 nitrogen and oxygen atoms in total. The average Bonchev–Trinajstić information content (AvgIpc) is 2.78. The first kappa shape index (κ1) is 18.6. The van der Waals surface area contributed by atoms with Crippen molar-refractivity contribution in [1.29, 1.82) is 0 Å². The maximum atomic E-state index is 12.5. The molecule has 0 saturated carbocycles. The number of para-hydroxylation sites is 1. The Bertz CT molecular complexity index is 1180. The third-order valence-electron chi connectivity index (χ3n) is 4.84. The summed E-state index contributed by atoms with van der Waals surface area (Å²) >= 11 is 0. The lowest BCUT2D eigenvalue weighted by Crippen LogP contribution is -2.21. The van der Waals surface area contributed by atoms with Gasteiger partial charge in [-0.1, -0.05) is 54.6 Å². The van der Waals surface area contributed by atoms with Crippen LogP contribution in [0.4, 0.5) is 5.69 Å². The largest absolute Gasteiger partial charge is 0.367 e. The van der Waals surface area contributed by atoms with Crippen LogP contribution in [0.1, 0.15) is 18.1 Å². The molecule has 0 radical (unpaired) electrons. The molecule has 3 aromatic carbocycles. The van der Waals surface area contributed by atoms with Crippen LogP contribution in [-0.2, 0) is 6.54 Å². The summed E-state index contributed by atoms with van der Waals surface area (Å²) in [6.07, 6.45) is 3.13. The molecule has 0 fully saturated rings. The van der Waals surface area contributed by atoms with Crippen LogP contribution in [0.3, 0.4) is 0 Å². The standard InChI is InChI=1S/C24H22N4O/c1-2-27(17-20-8-4-3-5-9-20)21-14-12-19(13-15-21)16-26-28-18-25-23-11-7-6-10-22(23)24(28)29/h3-16,18H,2,17H2,1H3. The van der Waals surface area contributed by atoms with Crippen LogP contribution in [0.2, 0.25) is 0 Å². The summed E-state index contributed by atoms with van der Waals surface area (Å²) in [4.78, 5) is 19.1. The number of aromatic nitrogens is 2. The van der Waals surface area contributed by atoms with Crippen LogP contribution >= 0.6 is 0 Å². The summed E-state index contributed by atoms with van der Waals surface area (Å²) < 4.78 is 1.27. The van der Waals surface area contributed by atoms with Gasteiger partial charge in [-0.3, -0.25) is 4.79 Å². The van der Waals surface area contributed by atoms with E-state index in [9.17, 15) is 4.79 Å². The molecule has 144 valence electrons. The zero-order chi connectivity index (χ0) is 20.1. The van der Waals surface area contributed by atoms with Crippen molar-refractivity contribution >= 4 is 22.8 Å². The van der Waals surface area contributed by atoms with Gasteiger partial charge < -0.3 is 4.90 Å². The smallest absolute Gasteiger partial charge is 0.281 e. The maximum Gasteiger partial charge on any atom is 0.281 e. The van der Waals surface area contributed by atoms with Crippen molar-refractivity contribution < 1.29 is 0 Å². The molecule has 0 aliphatic carbocycles. The third-order valence-corrected chi connectivity index (χ3v) is 4.84. The molecule has 0 spiro atoms. The minimum Gasteiger partial charge on any atom is -0.367 e. The zero-order valence-electron chi connectivity index (χ0n) is 16.3. The van der Waals surface area contributed by atoms with Gasteiger partial charge in [-0.25, -0.2) is 4.98 Å². The minimum absolute atomic E-state index is 0.177. The number of rotatable bonds is 6. The SMILES string of the molecule is CCN(Cc1ccccc1)c1ccc(C=Nn2cnc3ccccc3c2=O)cc1. The number of fused-ring (bicyclic) bond motifs is 1. The normalized spacial score (nSPS) is 11.2. The molecule has 29 heavy (non-hydrogen) atoms. The van der Waals surface area contributed by atoms with Gasteiger partial charge in [-0.15, -0.1) is 0 Å². The van der Waals surface area contributed by atoms with Gasteiger partial charge in [0.2, 0.25) is 0 Å². The Hall–Kier alpha value is -3.73. The van der Waals surface area contributed by atoms with Crippen molar-refractivity contribution in [2.75, 3.05) is 11.4 Å². The number of anilines is 1. The topological polar surface area (TPSA) is 50.5 Å². The summed E-state index contributed by atoms with van der Waals surface area (Å²) in [5.41, 5.74) is 3.85. The summed E-state index contributed by atoms with van der Waals surface area (Å²) in [6, 6.07) is 25.9. The van der Waals surface area contributed by atoms with Crippen LogP contribution in [-0.4, -0.2) is 22.4 Å². The van der Waals surface area contributed by atoms with Crippen molar-refractivity contribution in [2.45, 2.75) is 13.5 Å². The molecular formula is C24H22N4O. The van der Waals surface area contributed by atoms with E-state index in [0.29, 0.717) is 10.9 Å². The Morgan fingerprint density at radius 2 is 1.69 bits per heavy atom. The van der Waals surface area contributed by atoms with Gasteiger partial charge in [-0.2, -0.15) is 9.78 Å². The summed E-state index contributed by atoms with van der Waals surface area (Å²) in [7, 11) is 0. The molecular weight excluding hydrogens is 360 g/mol. The highest BCUT2D eigenvalue weighted by Crippen LogP contribution is 2.17. The first-order chi connectivity index (χ1) is 14.2. The van der Waals surface area contributed by atoms with Crippen molar-refractivity contribution in [3.63, 3.8) is 0 Å². The lowest BCUT2D eigenvalue weighted by Gasteiger charge is -2.23. The fourth-order valence-corrected chi connectivity index (χ4v) is 3.23. The average molecular weight is 382 g/mol. The lowest BCUT2D eigenvalue weighted by molar-refractivity contribution is 0.817. The summed E-state index contributed by atoms with van der Waals surface area (Å²) in [6.45, 7) is 3.93. The molecule has 0 aliphatic heterocycles. The minimum atomic E-state index is -0.177. The van der Waals surface area contributed by atoms with Gasteiger partial charge in [0.05, 0.1) is 17.1 Å². The molecule has 0 bridgehead atoms. The molecule has 1 aromatic heterocycles. The first-order valence-corrected chi connectivity index (χ1v) is 9.64. The number of nitrogens with zero attached hydrogens (tertiary/aromatic N) is 4. The number of benzene rings is 3. The van der Waals surface area contributed by atoms with E-state index in [-0.39, 0.29) is 5.56 Å². The molecule has 0 amide bonds. The lowest BCUT2D eigenvalue weighted by atomic mass is 10.1. The summed E-state index contributed by atoms with van der Waals surface area (Å²) in [5, 5.41) is 4.85. The Kier molecular flexibility index (Phi) is 5.47. The van der Waals surface area contributed by atoms with E-state index in [1.54, 1.807) is 12.3 Å². The first-order valence-electron chi connectivity index (χ1n) is 9.64. The Labute approximate surface area is 169 Å². The van der Waals surface area contributed by atoms with Gasteiger partial charge in [0.1, 0.15) is 6.33 Å². The fraction of sp³-hybridized carbons (Fsp3) is 0.125. The van der Waals surface area contributed by atoms with E-state index in [1.807, 2.05) is 36.4 Å². The van der Waals surface area contributed by atoms with Gasteiger partial charge in [0.25, 0.3) is 5.56 Å². The predicted molar refractivity (Wildman–Crippen MR) is 119 cm³/mol. The van der Waals surface area contributed by atoms with E-state index in [0.717, 1.165) is 24.3 Å². The quantitative estimate of drug-likeness (QED) is 0.467. The zero-order valence-corrected chi connectivity index (χ0v) is 16.3. The van der Waals surface area contributed by atoms with E-state index >= 15 is 0 Å². The molecule has 0 atom stereocenters. The van der Waals surface area contributed by atoms with Crippen molar-refractivity contribution in [3.8, 4) is 0 Å². The van der Waals surface area contributed by atoms with Gasteiger partial charge in [0, 0.05) is 18.8 Å². The van der Waals surface area contributed by atoms with Crippen molar-refractivity contribution in [3.05, 3.63) is 107 Å². The van der Waals surface area contributed by atoms with Gasteiger partial charge >= 0.3 is 0 Å². The maximum absolute atomic E-state index is 12.5. The Morgan fingerprint density at radius 3 is 2.45 bits per heavy atom. The number of hydrogen-bond donors (Lipinski definition) is 0. The second-order valence-corrected chi connectivity index (χ2v) is 6.75. The molecule has 0 unspecified atom stereocenters. The molecule has 4 rings (SSSR count). The van der Waals surface area contributed by atoms with Gasteiger partial charge in [0.15, 0.2) is 0 Å². The molecule has 1 heterocycles. The molecule has 0 N–H and O–H groups in total. The molecule has 0 saturated heterocycles. The van der Waals surface area contributed by atoms with Crippen LogP contribution in [0.25, 0.3) is 10.9 Å². The molecule has 0 aliphatic rings. The second kappa shape index (κ2) is 8.52. The van der Waals surface area contributed by atoms with Crippen LogP contribution in [0.15, 0.2) is 95.1 Å². The van der Waals surface area contributed by atoms with E-state index in [4.69, 9.17) is 0 Å². The van der Waals surface area contributed by atoms with Gasteiger partial charge in [-0.05, 0) is 42.3 Å². The summed E-state index contributed by atoms with van der Waals surface area (Å²) in [5.74, 6) is 0. The Morgan fingerprint density at radius 1 is 0.966 bits per heavy atom. The highest BCUT2D eigenvalue weighted by atomic mass is 16.1. The highest BCUT2D eigenvalue weighted by molar-refractivity contribution is 5.81. The third kappa shape index (κ3) is 4.24. The second-order valence-electron chi connectivity index (χ2n) is 6.75.